The highest BCUT2D eigenvalue weighted by atomic mass is 16.6. The second-order valence-corrected chi connectivity index (χ2v) is 13.2. The number of carbonyl (C=O) groups excluding carboxylic acids is 3. The van der Waals surface area contributed by atoms with Crippen molar-refractivity contribution in [2.75, 3.05) is 13.2 Å². The Kier molecular flexibility index (Phi) is 36.1. The summed E-state index contributed by atoms with van der Waals surface area (Å²) < 4.78 is 16.5. The number of unbranched alkanes of at least 4 members (excludes halogenated alkanes) is 16. The third-order valence-electron chi connectivity index (χ3n) is 8.30. The van der Waals surface area contributed by atoms with Crippen LogP contribution in [0.3, 0.4) is 0 Å². The van der Waals surface area contributed by atoms with Crippen LogP contribution in [-0.2, 0) is 28.6 Å². The molecule has 0 amide bonds. The molecule has 0 aromatic carbocycles. The Morgan fingerprint density at radius 1 is 0.429 bits per heavy atom. The Hall–Kier alpha value is -2.63. The molecule has 1 unspecified atom stereocenters. The van der Waals surface area contributed by atoms with Crippen molar-refractivity contribution in [2.24, 2.45) is 0 Å². The average Bonchev–Trinajstić information content (AvgIpc) is 3.10. The van der Waals surface area contributed by atoms with E-state index < -0.39 is 6.10 Å². The second kappa shape index (κ2) is 38.2. The first-order valence-corrected chi connectivity index (χ1v) is 20.1. The number of rotatable bonds is 35. The van der Waals surface area contributed by atoms with Crippen LogP contribution in [0, 0.1) is 0 Å². The van der Waals surface area contributed by atoms with Crippen LogP contribution in [0.5, 0.6) is 0 Å². The molecule has 1 atom stereocenters. The van der Waals surface area contributed by atoms with Gasteiger partial charge in [-0.25, -0.2) is 0 Å². The lowest BCUT2D eigenvalue weighted by molar-refractivity contribution is -0.167. The zero-order chi connectivity index (χ0) is 35.9. The van der Waals surface area contributed by atoms with Crippen molar-refractivity contribution < 1.29 is 28.6 Å². The minimum Gasteiger partial charge on any atom is -0.462 e. The standard InChI is InChI=1S/C43H74O6/c1-4-7-10-13-16-18-20-21-22-23-24-26-27-30-33-36-42(45)48-39-40(38-47-41(44)35-32-29-15-12-9-6-3)49-43(46)37-34-31-28-25-19-17-14-11-8-5-2/h7,10-11,14,16,18,21-22,40H,4-6,8-9,12-13,15,17,19-20,23-39H2,1-3H3/b10-7-,14-11-,18-16-,22-21-. The van der Waals surface area contributed by atoms with Gasteiger partial charge in [-0.3, -0.25) is 14.4 Å². The van der Waals surface area contributed by atoms with Gasteiger partial charge in [0.15, 0.2) is 6.10 Å². The topological polar surface area (TPSA) is 78.9 Å². The quantitative estimate of drug-likeness (QED) is 0.0286. The molecule has 0 rings (SSSR count). The maximum absolute atomic E-state index is 12.6. The molecular weight excluding hydrogens is 612 g/mol. The van der Waals surface area contributed by atoms with E-state index in [0.29, 0.717) is 19.3 Å². The highest BCUT2D eigenvalue weighted by Gasteiger charge is 2.19. The maximum Gasteiger partial charge on any atom is 0.306 e. The molecule has 0 bridgehead atoms. The summed E-state index contributed by atoms with van der Waals surface area (Å²) in [5.41, 5.74) is 0. The summed E-state index contributed by atoms with van der Waals surface area (Å²) in [6.45, 7) is 6.35. The van der Waals surface area contributed by atoms with Gasteiger partial charge in [0.1, 0.15) is 13.2 Å². The van der Waals surface area contributed by atoms with Crippen molar-refractivity contribution in [1.29, 1.82) is 0 Å². The fourth-order valence-corrected chi connectivity index (χ4v) is 5.28. The minimum atomic E-state index is -0.777. The fourth-order valence-electron chi connectivity index (χ4n) is 5.28. The van der Waals surface area contributed by atoms with Gasteiger partial charge >= 0.3 is 17.9 Å². The van der Waals surface area contributed by atoms with Crippen LogP contribution in [0.4, 0.5) is 0 Å². The predicted molar refractivity (Wildman–Crippen MR) is 205 cm³/mol. The van der Waals surface area contributed by atoms with Crippen molar-refractivity contribution in [3.05, 3.63) is 48.6 Å². The summed E-state index contributed by atoms with van der Waals surface area (Å²) >= 11 is 0. The number of hydrogen-bond acceptors (Lipinski definition) is 6. The van der Waals surface area contributed by atoms with Crippen LogP contribution >= 0.6 is 0 Å². The molecule has 282 valence electrons. The molecule has 0 aromatic rings. The predicted octanol–water partition coefficient (Wildman–Crippen LogP) is 12.4. The summed E-state index contributed by atoms with van der Waals surface area (Å²) in [4.78, 5) is 37.3. The van der Waals surface area contributed by atoms with E-state index in [4.69, 9.17) is 14.2 Å². The van der Waals surface area contributed by atoms with Gasteiger partial charge in [0.25, 0.3) is 0 Å². The molecule has 0 heterocycles. The van der Waals surface area contributed by atoms with Crippen LogP contribution in [0.2, 0.25) is 0 Å². The highest BCUT2D eigenvalue weighted by Crippen LogP contribution is 2.12. The Morgan fingerprint density at radius 3 is 1.35 bits per heavy atom. The van der Waals surface area contributed by atoms with E-state index >= 15 is 0 Å². The molecule has 0 aliphatic carbocycles. The first-order chi connectivity index (χ1) is 24.0. The number of allylic oxidation sites excluding steroid dienone is 8. The van der Waals surface area contributed by atoms with Crippen molar-refractivity contribution in [3.63, 3.8) is 0 Å². The smallest absolute Gasteiger partial charge is 0.306 e. The lowest BCUT2D eigenvalue weighted by Gasteiger charge is -2.18. The van der Waals surface area contributed by atoms with Crippen molar-refractivity contribution in [2.45, 2.75) is 194 Å². The minimum absolute atomic E-state index is 0.0831. The van der Waals surface area contributed by atoms with E-state index in [2.05, 4.69) is 69.4 Å². The average molecular weight is 687 g/mol. The Morgan fingerprint density at radius 2 is 0.837 bits per heavy atom. The lowest BCUT2D eigenvalue weighted by atomic mass is 10.1. The zero-order valence-electron chi connectivity index (χ0n) is 31.9. The van der Waals surface area contributed by atoms with Crippen molar-refractivity contribution >= 4 is 17.9 Å². The first-order valence-electron chi connectivity index (χ1n) is 20.1. The molecule has 0 aromatic heterocycles. The molecule has 0 aliphatic rings. The van der Waals surface area contributed by atoms with Crippen molar-refractivity contribution in [3.8, 4) is 0 Å². The molecule has 0 saturated heterocycles. The summed E-state index contributed by atoms with van der Waals surface area (Å²) in [7, 11) is 0. The van der Waals surface area contributed by atoms with Crippen LogP contribution in [0.25, 0.3) is 0 Å². The van der Waals surface area contributed by atoms with Gasteiger partial charge in [-0.1, -0.05) is 146 Å². The van der Waals surface area contributed by atoms with Gasteiger partial charge in [0.05, 0.1) is 0 Å². The van der Waals surface area contributed by atoms with Gasteiger partial charge in [-0.05, 0) is 70.6 Å². The SMILES string of the molecule is CC/C=C\C/C=C\C/C=C\CCCCCCCC(=O)OCC(COC(=O)CCCCCCCC)OC(=O)CCCCCCC/C=C\CCC. The van der Waals surface area contributed by atoms with Gasteiger partial charge < -0.3 is 14.2 Å². The van der Waals surface area contributed by atoms with Gasteiger partial charge in [0.2, 0.25) is 0 Å². The molecule has 0 saturated carbocycles. The van der Waals surface area contributed by atoms with Crippen LogP contribution in [0.15, 0.2) is 48.6 Å². The van der Waals surface area contributed by atoms with Crippen LogP contribution in [0.1, 0.15) is 188 Å². The van der Waals surface area contributed by atoms with E-state index in [9.17, 15) is 14.4 Å². The first kappa shape index (κ1) is 46.4. The fraction of sp³-hybridized carbons (Fsp3) is 0.744. The van der Waals surface area contributed by atoms with Crippen LogP contribution in [-0.4, -0.2) is 37.2 Å². The van der Waals surface area contributed by atoms with E-state index in [-0.39, 0.29) is 31.1 Å². The third-order valence-corrected chi connectivity index (χ3v) is 8.30. The molecule has 6 heteroatoms. The van der Waals surface area contributed by atoms with Gasteiger partial charge in [-0.15, -0.1) is 0 Å². The maximum atomic E-state index is 12.6. The van der Waals surface area contributed by atoms with E-state index in [1.807, 2.05) is 0 Å². The molecular formula is C43H74O6. The molecule has 6 nitrogen and oxygen atoms in total. The number of hydrogen-bond donors (Lipinski definition) is 0. The molecule has 0 N–H and O–H groups in total. The molecule has 0 fully saturated rings. The third kappa shape index (κ3) is 36.5. The summed E-state index contributed by atoms with van der Waals surface area (Å²) in [5, 5.41) is 0. The van der Waals surface area contributed by atoms with E-state index in [0.717, 1.165) is 116 Å². The monoisotopic (exact) mass is 687 g/mol. The largest absolute Gasteiger partial charge is 0.462 e. The second-order valence-electron chi connectivity index (χ2n) is 13.2. The van der Waals surface area contributed by atoms with Crippen molar-refractivity contribution in [1.82, 2.24) is 0 Å². The Labute approximate surface area is 301 Å². The van der Waals surface area contributed by atoms with E-state index in [1.165, 1.54) is 32.1 Å². The molecule has 0 radical (unpaired) electrons. The zero-order valence-corrected chi connectivity index (χ0v) is 31.9. The van der Waals surface area contributed by atoms with E-state index in [1.54, 1.807) is 0 Å². The Bertz CT molecular complexity index is 887. The summed E-state index contributed by atoms with van der Waals surface area (Å²) in [6, 6.07) is 0. The molecule has 0 spiro atoms. The highest BCUT2D eigenvalue weighted by molar-refractivity contribution is 5.71. The normalized spacial score (nSPS) is 12.5. The molecule has 0 aliphatic heterocycles. The van der Waals surface area contributed by atoms with Crippen LogP contribution < -0.4 is 0 Å². The lowest BCUT2D eigenvalue weighted by Crippen LogP contribution is -2.30. The number of carbonyl (C=O) groups is 3. The Balaban J connectivity index is 4.33. The van der Waals surface area contributed by atoms with Gasteiger partial charge in [-0.2, -0.15) is 0 Å². The number of esters is 3. The summed E-state index contributed by atoms with van der Waals surface area (Å²) in [6.07, 6.45) is 42.6. The summed E-state index contributed by atoms with van der Waals surface area (Å²) in [5.74, 6) is -0.929. The number of ether oxygens (including phenoxy) is 3. The molecule has 49 heavy (non-hydrogen) atoms. The van der Waals surface area contributed by atoms with Gasteiger partial charge in [0, 0.05) is 19.3 Å².